The van der Waals surface area contributed by atoms with Crippen LogP contribution < -0.4 is 0 Å². The lowest BCUT2D eigenvalue weighted by atomic mass is 10.4. The number of pyridine rings is 1. The summed E-state index contributed by atoms with van der Waals surface area (Å²) in [6.07, 6.45) is 1.74. The Hall–Kier alpha value is -1.63. The summed E-state index contributed by atoms with van der Waals surface area (Å²) in [5.74, 6) is 4.06. The minimum absolute atomic E-state index is 0.688. The molecule has 3 rings (SSSR count). The molecular weight excluding hydrogens is 260 g/mol. The van der Waals surface area contributed by atoms with Gasteiger partial charge in [0, 0.05) is 37.0 Å². The van der Waals surface area contributed by atoms with Gasteiger partial charge in [-0.05, 0) is 17.2 Å². The maximum atomic E-state index is 4.27. The average molecular weight is 277 g/mol. The SMILES string of the molecule is CN(C)C(N1CCSCC1)=[N+]1N=Nc2ncccc21. The number of thioether (sulfide) groups is 1. The molecule has 0 N–H and O–H groups in total. The van der Waals surface area contributed by atoms with E-state index in [9.17, 15) is 0 Å². The Balaban J connectivity index is 2.04. The van der Waals surface area contributed by atoms with Gasteiger partial charge in [-0.25, -0.2) is 4.98 Å². The van der Waals surface area contributed by atoms with E-state index in [4.69, 9.17) is 0 Å². The first kappa shape index (κ1) is 12.4. The highest BCUT2D eigenvalue weighted by Gasteiger charge is 2.30. The molecular formula is C12H17N6S+. The minimum Gasteiger partial charge on any atom is -0.288 e. The molecule has 1 aromatic rings. The van der Waals surface area contributed by atoms with Crippen molar-refractivity contribution in [1.82, 2.24) is 14.8 Å². The van der Waals surface area contributed by atoms with Crippen molar-refractivity contribution in [2.45, 2.75) is 0 Å². The first-order valence-corrected chi connectivity index (χ1v) is 7.46. The summed E-state index contributed by atoms with van der Waals surface area (Å²) in [7, 11) is 4.09. The van der Waals surface area contributed by atoms with Crippen LogP contribution in [0.3, 0.4) is 0 Å². The summed E-state index contributed by atoms with van der Waals surface area (Å²) in [5.41, 5.74) is 0.949. The van der Waals surface area contributed by atoms with Gasteiger partial charge >= 0.3 is 5.96 Å². The van der Waals surface area contributed by atoms with Crippen LogP contribution in [0.15, 0.2) is 28.7 Å². The molecule has 3 heterocycles. The molecule has 1 aromatic heterocycles. The Morgan fingerprint density at radius 3 is 2.89 bits per heavy atom. The zero-order valence-electron chi connectivity index (χ0n) is 11.2. The molecule has 1 saturated heterocycles. The molecule has 2 aliphatic heterocycles. The van der Waals surface area contributed by atoms with E-state index in [1.165, 1.54) is 0 Å². The van der Waals surface area contributed by atoms with Crippen molar-refractivity contribution in [2.24, 2.45) is 10.3 Å². The molecule has 2 aliphatic rings. The molecule has 0 aliphatic carbocycles. The van der Waals surface area contributed by atoms with Crippen LogP contribution in [-0.2, 0) is 0 Å². The fourth-order valence-electron chi connectivity index (χ4n) is 2.28. The molecule has 7 heteroatoms. The van der Waals surface area contributed by atoms with Crippen molar-refractivity contribution in [3.8, 4) is 0 Å². The number of hydrogen-bond acceptors (Lipinski definition) is 4. The van der Waals surface area contributed by atoms with Gasteiger partial charge in [-0.15, -0.1) is 0 Å². The van der Waals surface area contributed by atoms with Crippen molar-refractivity contribution in [2.75, 3.05) is 38.7 Å². The van der Waals surface area contributed by atoms with Crippen molar-refractivity contribution in [1.29, 1.82) is 0 Å². The first-order chi connectivity index (χ1) is 9.27. The van der Waals surface area contributed by atoms with Crippen LogP contribution in [0.4, 0.5) is 11.5 Å². The minimum atomic E-state index is 0.688. The second-order valence-corrected chi connectivity index (χ2v) is 5.87. The van der Waals surface area contributed by atoms with Gasteiger partial charge in [0.25, 0.3) is 5.82 Å². The quantitative estimate of drug-likeness (QED) is 0.535. The smallest absolute Gasteiger partial charge is 0.288 e. The Kier molecular flexibility index (Phi) is 3.37. The largest absolute Gasteiger partial charge is 0.338 e. The molecule has 0 spiro atoms. The van der Waals surface area contributed by atoms with Gasteiger partial charge in [-0.2, -0.15) is 11.8 Å². The highest BCUT2D eigenvalue weighted by Crippen LogP contribution is 2.31. The van der Waals surface area contributed by atoms with Crippen LogP contribution in [0.5, 0.6) is 0 Å². The Labute approximate surface area is 116 Å². The molecule has 100 valence electrons. The second kappa shape index (κ2) is 5.16. The van der Waals surface area contributed by atoms with Gasteiger partial charge < -0.3 is 0 Å². The van der Waals surface area contributed by atoms with Crippen LogP contribution in [0.2, 0.25) is 0 Å². The monoisotopic (exact) mass is 277 g/mol. The lowest BCUT2D eigenvalue weighted by Gasteiger charge is -2.28. The van der Waals surface area contributed by atoms with Crippen LogP contribution in [0, 0.1) is 0 Å². The fourth-order valence-corrected chi connectivity index (χ4v) is 3.19. The number of fused-ring (bicyclic) bond motifs is 1. The first-order valence-electron chi connectivity index (χ1n) is 6.31. The Bertz CT molecular complexity index is 533. The van der Waals surface area contributed by atoms with E-state index >= 15 is 0 Å². The number of aromatic nitrogens is 1. The predicted molar refractivity (Wildman–Crippen MR) is 76.3 cm³/mol. The molecule has 0 atom stereocenters. The van der Waals surface area contributed by atoms with Crippen LogP contribution in [0.25, 0.3) is 0 Å². The fraction of sp³-hybridized carbons (Fsp3) is 0.500. The van der Waals surface area contributed by atoms with E-state index in [0.29, 0.717) is 5.82 Å². The van der Waals surface area contributed by atoms with Crippen molar-refractivity contribution in [3.05, 3.63) is 18.3 Å². The third kappa shape index (κ3) is 2.30. The van der Waals surface area contributed by atoms with Gasteiger partial charge in [-0.1, -0.05) is 4.68 Å². The molecule has 6 nitrogen and oxygen atoms in total. The molecule has 0 saturated carbocycles. The van der Waals surface area contributed by atoms with Gasteiger partial charge in [0.05, 0.1) is 13.1 Å². The number of nitrogens with zero attached hydrogens (tertiary/aromatic N) is 6. The summed E-state index contributed by atoms with van der Waals surface area (Å²) < 4.78 is 1.89. The van der Waals surface area contributed by atoms with Crippen molar-refractivity contribution < 1.29 is 4.68 Å². The topological polar surface area (TPSA) is 47.1 Å². The molecule has 0 bridgehead atoms. The van der Waals surface area contributed by atoms with E-state index in [1.807, 2.05) is 42.7 Å². The predicted octanol–water partition coefficient (Wildman–Crippen LogP) is 1.70. The van der Waals surface area contributed by atoms with Crippen LogP contribution >= 0.6 is 11.8 Å². The zero-order chi connectivity index (χ0) is 13.2. The summed E-state index contributed by atoms with van der Waals surface area (Å²) in [6, 6.07) is 3.92. The summed E-state index contributed by atoms with van der Waals surface area (Å²) in [4.78, 5) is 8.69. The second-order valence-electron chi connectivity index (χ2n) is 4.64. The van der Waals surface area contributed by atoms with E-state index in [1.54, 1.807) is 6.20 Å². The molecule has 1 fully saturated rings. The van der Waals surface area contributed by atoms with Gasteiger partial charge in [0.15, 0.2) is 5.69 Å². The van der Waals surface area contributed by atoms with E-state index in [2.05, 4.69) is 25.1 Å². The van der Waals surface area contributed by atoms with Gasteiger partial charge in [-0.3, -0.25) is 9.80 Å². The lowest BCUT2D eigenvalue weighted by Crippen LogP contribution is -2.48. The van der Waals surface area contributed by atoms with E-state index < -0.39 is 0 Å². The van der Waals surface area contributed by atoms with Gasteiger partial charge in [0.1, 0.15) is 0 Å². The van der Waals surface area contributed by atoms with Crippen LogP contribution in [-0.4, -0.2) is 64.1 Å². The highest BCUT2D eigenvalue weighted by atomic mass is 32.2. The zero-order valence-corrected chi connectivity index (χ0v) is 12.0. The maximum absolute atomic E-state index is 4.27. The van der Waals surface area contributed by atoms with Crippen LogP contribution in [0.1, 0.15) is 0 Å². The normalized spacial score (nSPS) is 20.4. The molecule has 0 amide bonds. The Morgan fingerprint density at radius 1 is 1.37 bits per heavy atom. The number of rotatable bonds is 0. The highest BCUT2D eigenvalue weighted by molar-refractivity contribution is 7.99. The summed E-state index contributed by atoms with van der Waals surface area (Å²) >= 11 is 2.00. The molecule has 0 unspecified atom stereocenters. The Morgan fingerprint density at radius 2 is 2.16 bits per heavy atom. The molecule has 0 aromatic carbocycles. The third-order valence-electron chi connectivity index (χ3n) is 3.11. The number of guanidine groups is 1. The molecule has 0 radical (unpaired) electrons. The molecule has 19 heavy (non-hydrogen) atoms. The summed E-state index contributed by atoms with van der Waals surface area (Å²) in [6.45, 7) is 2.08. The van der Waals surface area contributed by atoms with Crippen molar-refractivity contribution >= 4 is 29.2 Å². The van der Waals surface area contributed by atoms with E-state index in [0.717, 1.165) is 36.2 Å². The lowest BCUT2D eigenvalue weighted by molar-refractivity contribution is -0.458. The van der Waals surface area contributed by atoms with Gasteiger partial charge in [0.2, 0.25) is 0 Å². The van der Waals surface area contributed by atoms with E-state index in [-0.39, 0.29) is 0 Å². The third-order valence-corrected chi connectivity index (χ3v) is 4.05. The maximum Gasteiger partial charge on any atom is 0.338 e. The van der Waals surface area contributed by atoms with Crippen molar-refractivity contribution in [3.63, 3.8) is 0 Å². The average Bonchev–Trinajstić information content (AvgIpc) is 2.84. The standard InChI is InChI=1S/C12H17N6S/c1-16(2)12(17-6-8-19-9-7-17)18-10-4-3-5-13-11(10)14-15-18/h3-5H,6-9H2,1-2H3/q+1. The summed E-state index contributed by atoms with van der Waals surface area (Å²) in [5, 5.41) is 8.41. The number of hydrogen-bond donors (Lipinski definition) is 0.